The van der Waals surface area contributed by atoms with Crippen LogP contribution in [0.4, 0.5) is 10.8 Å². The summed E-state index contributed by atoms with van der Waals surface area (Å²) in [7, 11) is 0. The van der Waals surface area contributed by atoms with Crippen LogP contribution in [0, 0.1) is 0 Å². The van der Waals surface area contributed by atoms with Crippen molar-refractivity contribution in [3.63, 3.8) is 0 Å². The lowest BCUT2D eigenvalue weighted by molar-refractivity contribution is 0.250. The number of hydrogen-bond donors (Lipinski definition) is 1. The van der Waals surface area contributed by atoms with E-state index in [0.29, 0.717) is 0 Å². The molecule has 0 radical (unpaired) electrons. The maximum Gasteiger partial charge on any atom is 0.203 e. The average molecular weight is 454 g/mol. The van der Waals surface area contributed by atoms with E-state index in [1.165, 1.54) is 11.3 Å². The number of hydrogen-bond acceptors (Lipinski definition) is 6. The fourth-order valence-electron chi connectivity index (χ4n) is 4.10. The Morgan fingerprint density at radius 1 is 0.848 bits per heavy atom. The molecule has 0 bridgehead atoms. The molecule has 1 aliphatic heterocycles. The average Bonchev–Trinajstić information content (AvgIpc) is 3.35. The van der Waals surface area contributed by atoms with Gasteiger partial charge in [-0.1, -0.05) is 78.9 Å². The molecule has 0 saturated carbocycles. The Morgan fingerprint density at radius 3 is 2.33 bits per heavy atom. The van der Waals surface area contributed by atoms with E-state index in [9.17, 15) is 0 Å². The van der Waals surface area contributed by atoms with E-state index >= 15 is 0 Å². The Balaban J connectivity index is 1.20. The number of rotatable bonds is 7. The van der Waals surface area contributed by atoms with Crippen molar-refractivity contribution in [1.82, 2.24) is 9.88 Å². The lowest BCUT2D eigenvalue weighted by Crippen LogP contribution is -2.46. The van der Waals surface area contributed by atoms with Gasteiger partial charge in [0.25, 0.3) is 0 Å². The molecule has 1 aliphatic rings. The summed E-state index contributed by atoms with van der Waals surface area (Å²) in [6.07, 6.45) is 1.90. The van der Waals surface area contributed by atoms with Gasteiger partial charge in [-0.3, -0.25) is 10.3 Å². The van der Waals surface area contributed by atoms with Crippen LogP contribution < -0.4 is 10.3 Å². The molecule has 0 atom stereocenters. The minimum atomic E-state index is 0.789. The number of hydrazone groups is 1. The fourth-order valence-corrected chi connectivity index (χ4v) is 4.77. The standard InChI is InChI=1S/C27H27N5S/c1-3-9-22(10-4-1)20-31-15-17-32(18-16-31)26-14-8-7-13-24(26)19-28-30-27-29-25(21-33-27)23-11-5-2-6-12-23/h1-14,19,21H,15-18,20H2,(H,29,30). The van der Waals surface area contributed by atoms with Gasteiger partial charge in [0.1, 0.15) is 0 Å². The zero-order valence-electron chi connectivity index (χ0n) is 18.5. The third-order valence-corrected chi connectivity index (χ3v) is 6.58. The van der Waals surface area contributed by atoms with Gasteiger partial charge in [-0.25, -0.2) is 4.98 Å². The van der Waals surface area contributed by atoms with E-state index in [-0.39, 0.29) is 0 Å². The Bertz CT molecular complexity index is 1180. The number of aromatic nitrogens is 1. The van der Waals surface area contributed by atoms with Crippen LogP contribution in [0.1, 0.15) is 11.1 Å². The van der Waals surface area contributed by atoms with Gasteiger partial charge in [-0.15, -0.1) is 11.3 Å². The molecule has 1 fully saturated rings. The van der Waals surface area contributed by atoms with Gasteiger partial charge in [-0.05, 0) is 11.6 Å². The molecule has 6 heteroatoms. The number of piperazine rings is 1. The van der Waals surface area contributed by atoms with Crippen molar-refractivity contribution in [2.24, 2.45) is 5.10 Å². The molecule has 1 N–H and O–H groups in total. The van der Waals surface area contributed by atoms with Crippen LogP contribution in [-0.2, 0) is 6.54 Å². The number of nitrogens with zero attached hydrogens (tertiary/aromatic N) is 4. The highest BCUT2D eigenvalue weighted by Gasteiger charge is 2.18. The fraction of sp³-hybridized carbons (Fsp3) is 0.185. The molecule has 1 saturated heterocycles. The van der Waals surface area contributed by atoms with Gasteiger partial charge in [0, 0.05) is 54.9 Å². The van der Waals surface area contributed by atoms with Crippen molar-refractivity contribution in [1.29, 1.82) is 0 Å². The largest absolute Gasteiger partial charge is 0.368 e. The van der Waals surface area contributed by atoms with Gasteiger partial charge in [-0.2, -0.15) is 5.10 Å². The molecule has 3 aromatic carbocycles. The molecule has 4 aromatic rings. The summed E-state index contributed by atoms with van der Waals surface area (Å²) in [5, 5.41) is 7.32. The summed E-state index contributed by atoms with van der Waals surface area (Å²) in [4.78, 5) is 9.63. The number of nitrogens with one attached hydrogen (secondary N) is 1. The highest BCUT2D eigenvalue weighted by atomic mass is 32.1. The molecule has 2 heterocycles. The number of para-hydroxylation sites is 1. The van der Waals surface area contributed by atoms with Gasteiger partial charge >= 0.3 is 0 Å². The second kappa shape index (κ2) is 10.4. The first-order chi connectivity index (χ1) is 16.3. The molecule has 33 heavy (non-hydrogen) atoms. The summed E-state index contributed by atoms with van der Waals surface area (Å²) < 4.78 is 0. The van der Waals surface area contributed by atoms with E-state index < -0.39 is 0 Å². The van der Waals surface area contributed by atoms with Crippen LogP contribution in [0.2, 0.25) is 0 Å². The van der Waals surface area contributed by atoms with Crippen LogP contribution in [0.5, 0.6) is 0 Å². The molecule has 0 aliphatic carbocycles. The zero-order valence-corrected chi connectivity index (χ0v) is 19.3. The molecule has 0 spiro atoms. The number of benzene rings is 3. The Kier molecular flexibility index (Phi) is 6.75. The van der Waals surface area contributed by atoms with Crippen LogP contribution in [0.3, 0.4) is 0 Å². The first kappa shape index (κ1) is 21.4. The van der Waals surface area contributed by atoms with E-state index in [1.807, 2.05) is 24.4 Å². The van der Waals surface area contributed by atoms with Gasteiger partial charge < -0.3 is 4.90 Å². The van der Waals surface area contributed by atoms with Crippen molar-refractivity contribution >= 4 is 28.4 Å². The number of anilines is 2. The number of thiazole rings is 1. The zero-order chi connectivity index (χ0) is 22.3. The summed E-state index contributed by atoms with van der Waals surface area (Å²) >= 11 is 1.56. The Hall–Kier alpha value is -3.48. The third kappa shape index (κ3) is 5.48. The molecule has 0 unspecified atom stereocenters. The molecular weight excluding hydrogens is 426 g/mol. The highest BCUT2D eigenvalue weighted by Crippen LogP contribution is 2.25. The predicted molar refractivity (Wildman–Crippen MR) is 139 cm³/mol. The molecule has 5 nitrogen and oxygen atoms in total. The first-order valence-corrected chi connectivity index (χ1v) is 12.1. The van der Waals surface area contributed by atoms with E-state index in [2.05, 4.69) is 97.4 Å². The van der Waals surface area contributed by atoms with Gasteiger partial charge in [0.15, 0.2) is 0 Å². The van der Waals surface area contributed by atoms with Gasteiger partial charge in [0.05, 0.1) is 11.9 Å². The Morgan fingerprint density at radius 2 is 1.55 bits per heavy atom. The molecule has 5 rings (SSSR count). The smallest absolute Gasteiger partial charge is 0.203 e. The van der Waals surface area contributed by atoms with Crippen LogP contribution in [-0.4, -0.2) is 42.3 Å². The van der Waals surface area contributed by atoms with Crippen molar-refractivity contribution < 1.29 is 0 Å². The predicted octanol–water partition coefficient (Wildman–Crippen LogP) is 5.58. The molecule has 0 amide bonds. The van der Waals surface area contributed by atoms with Crippen LogP contribution >= 0.6 is 11.3 Å². The minimum Gasteiger partial charge on any atom is -0.368 e. The molecule has 166 valence electrons. The summed E-state index contributed by atoms with van der Waals surface area (Å²) in [5.74, 6) is 0. The SMILES string of the molecule is C(=NNc1nc(-c2ccccc2)cs1)c1ccccc1N1CCN(Cc2ccccc2)CC1. The van der Waals surface area contributed by atoms with E-state index in [1.54, 1.807) is 11.3 Å². The monoisotopic (exact) mass is 453 g/mol. The van der Waals surface area contributed by atoms with E-state index in [4.69, 9.17) is 0 Å². The first-order valence-electron chi connectivity index (χ1n) is 11.3. The summed E-state index contributed by atoms with van der Waals surface area (Å²) in [5.41, 5.74) is 8.89. The maximum atomic E-state index is 4.64. The normalized spacial score (nSPS) is 14.6. The lowest BCUT2D eigenvalue weighted by atomic mass is 10.1. The summed E-state index contributed by atoms with van der Waals surface area (Å²) in [6, 6.07) is 29.4. The quantitative estimate of drug-likeness (QED) is 0.293. The van der Waals surface area contributed by atoms with Crippen LogP contribution in [0.15, 0.2) is 95.4 Å². The second-order valence-corrected chi connectivity index (χ2v) is 8.94. The summed E-state index contributed by atoms with van der Waals surface area (Å²) in [6.45, 7) is 5.15. The lowest BCUT2D eigenvalue weighted by Gasteiger charge is -2.36. The van der Waals surface area contributed by atoms with Crippen molar-refractivity contribution in [2.75, 3.05) is 36.5 Å². The maximum absolute atomic E-state index is 4.64. The van der Waals surface area contributed by atoms with Crippen molar-refractivity contribution in [2.45, 2.75) is 6.54 Å². The molecular formula is C27H27N5S. The van der Waals surface area contributed by atoms with E-state index in [0.717, 1.165) is 54.7 Å². The highest BCUT2D eigenvalue weighted by molar-refractivity contribution is 7.14. The Labute approximate surface area is 199 Å². The van der Waals surface area contributed by atoms with Gasteiger partial charge in [0.2, 0.25) is 5.13 Å². The molecule has 1 aromatic heterocycles. The van der Waals surface area contributed by atoms with Crippen molar-refractivity contribution in [3.8, 4) is 11.3 Å². The minimum absolute atomic E-state index is 0.789. The van der Waals surface area contributed by atoms with Crippen LogP contribution in [0.25, 0.3) is 11.3 Å². The third-order valence-electron chi connectivity index (χ3n) is 5.84. The van der Waals surface area contributed by atoms with Crippen molar-refractivity contribution in [3.05, 3.63) is 101 Å². The second-order valence-electron chi connectivity index (χ2n) is 8.08. The topological polar surface area (TPSA) is 43.8 Å².